The molecule has 0 atom stereocenters. The van der Waals surface area contributed by atoms with E-state index >= 15 is 0 Å². The number of anilines is 1. The lowest BCUT2D eigenvalue weighted by atomic mass is 10.0. The normalized spacial score (nSPS) is 10.9. The maximum absolute atomic E-state index is 12.7. The number of aromatic amines is 1. The van der Waals surface area contributed by atoms with Crippen molar-refractivity contribution in [3.63, 3.8) is 0 Å². The van der Waals surface area contributed by atoms with Gasteiger partial charge in [-0.3, -0.25) is 9.36 Å². The highest BCUT2D eigenvalue weighted by molar-refractivity contribution is 5.97. The van der Waals surface area contributed by atoms with Gasteiger partial charge in [-0.1, -0.05) is 54.6 Å². The number of hydrogen-bond donors (Lipinski definition) is 2. The van der Waals surface area contributed by atoms with Crippen LogP contribution in [0.4, 0.5) is 5.69 Å². The van der Waals surface area contributed by atoms with E-state index in [1.165, 1.54) is 0 Å². The molecular formula is C22H19N3O2. The third-order valence-electron chi connectivity index (χ3n) is 4.61. The van der Waals surface area contributed by atoms with Crippen molar-refractivity contribution in [2.75, 3.05) is 5.32 Å². The molecule has 0 fully saturated rings. The van der Waals surface area contributed by atoms with E-state index in [-0.39, 0.29) is 18.0 Å². The number of nitrogens with one attached hydrogen (secondary N) is 2. The van der Waals surface area contributed by atoms with Gasteiger partial charge in [-0.15, -0.1) is 0 Å². The van der Waals surface area contributed by atoms with E-state index in [4.69, 9.17) is 0 Å². The largest absolute Gasteiger partial charge is 0.330 e. The molecule has 2 N–H and O–H groups in total. The number of amides is 1. The van der Waals surface area contributed by atoms with Crippen LogP contribution in [0.5, 0.6) is 0 Å². The summed E-state index contributed by atoms with van der Waals surface area (Å²) in [5, 5.41) is 5.13. The monoisotopic (exact) mass is 357 g/mol. The number of hydrogen-bond acceptors (Lipinski definition) is 2. The van der Waals surface area contributed by atoms with Gasteiger partial charge < -0.3 is 10.3 Å². The molecule has 0 aliphatic rings. The lowest BCUT2D eigenvalue weighted by molar-refractivity contribution is -0.115. The summed E-state index contributed by atoms with van der Waals surface area (Å²) < 4.78 is 1.55. The molecule has 27 heavy (non-hydrogen) atoms. The van der Waals surface area contributed by atoms with E-state index in [9.17, 15) is 9.59 Å². The maximum Gasteiger partial charge on any atom is 0.330 e. The molecule has 0 aliphatic carbocycles. The molecule has 4 aromatic rings. The van der Waals surface area contributed by atoms with Gasteiger partial charge in [0.05, 0.1) is 17.8 Å². The van der Waals surface area contributed by atoms with Crippen LogP contribution in [0.15, 0.2) is 77.7 Å². The van der Waals surface area contributed by atoms with Crippen LogP contribution in [0.1, 0.15) is 11.3 Å². The van der Waals surface area contributed by atoms with Crippen molar-refractivity contribution < 1.29 is 4.79 Å². The number of aryl methyl sites for hydroxylation is 1. The van der Waals surface area contributed by atoms with Crippen molar-refractivity contribution in [1.29, 1.82) is 0 Å². The number of rotatable bonds is 4. The molecule has 5 nitrogen and oxygen atoms in total. The van der Waals surface area contributed by atoms with Gasteiger partial charge >= 0.3 is 5.69 Å². The minimum absolute atomic E-state index is 0.125. The number of para-hydroxylation sites is 2. The summed E-state index contributed by atoms with van der Waals surface area (Å²) in [6, 6.07) is 21.3. The highest BCUT2D eigenvalue weighted by Gasteiger charge is 2.13. The molecule has 3 aromatic carbocycles. The molecule has 1 amide bonds. The van der Waals surface area contributed by atoms with E-state index in [2.05, 4.69) is 10.3 Å². The number of carbonyl (C=O) groups excluding carboxylic acids is 1. The Labute approximate surface area is 156 Å². The summed E-state index contributed by atoms with van der Waals surface area (Å²) >= 11 is 0. The predicted molar refractivity (Wildman–Crippen MR) is 107 cm³/mol. The van der Waals surface area contributed by atoms with Crippen LogP contribution in [0.2, 0.25) is 0 Å². The summed E-state index contributed by atoms with van der Waals surface area (Å²) in [6.45, 7) is 1.84. The van der Waals surface area contributed by atoms with Crippen molar-refractivity contribution >= 4 is 22.4 Å². The lowest BCUT2D eigenvalue weighted by Crippen LogP contribution is -2.20. The number of carbonyl (C=O) groups is 1. The highest BCUT2D eigenvalue weighted by atomic mass is 16.2. The van der Waals surface area contributed by atoms with E-state index in [1.807, 2.05) is 67.6 Å². The Morgan fingerprint density at radius 3 is 2.56 bits per heavy atom. The third kappa shape index (κ3) is 3.27. The average molecular weight is 357 g/mol. The quantitative estimate of drug-likeness (QED) is 0.583. The minimum atomic E-state index is -0.233. The Morgan fingerprint density at radius 2 is 1.74 bits per heavy atom. The first-order chi connectivity index (χ1) is 13.1. The summed E-state index contributed by atoms with van der Waals surface area (Å²) in [4.78, 5) is 27.5. The Hall–Kier alpha value is -3.60. The fraction of sp³-hybridized carbons (Fsp3) is 0.0909. The van der Waals surface area contributed by atoms with Crippen molar-refractivity contribution in [3.05, 3.63) is 94.7 Å². The molecule has 1 aromatic heterocycles. The van der Waals surface area contributed by atoms with Crippen molar-refractivity contribution in [1.82, 2.24) is 9.55 Å². The Kier molecular flexibility index (Phi) is 4.34. The van der Waals surface area contributed by atoms with Gasteiger partial charge in [0, 0.05) is 11.9 Å². The average Bonchev–Trinajstić information content (AvgIpc) is 3.01. The fourth-order valence-corrected chi connectivity index (χ4v) is 3.34. The predicted octanol–water partition coefficient (Wildman–Crippen LogP) is 3.81. The summed E-state index contributed by atoms with van der Waals surface area (Å²) in [7, 11) is 0. The van der Waals surface area contributed by atoms with Gasteiger partial charge in [-0.05, 0) is 35.4 Å². The number of aromatic nitrogens is 2. The number of nitrogens with zero attached hydrogens (tertiary/aromatic N) is 1. The standard InChI is InChI=1S/C22H19N3O2/c1-15-14-23-22(27)25(15)20-12-5-4-11-19(20)24-21(26)13-17-9-6-8-16-7-2-3-10-18(16)17/h2-12,14H,13H2,1H3,(H,23,27)(H,24,26). The third-order valence-corrected chi connectivity index (χ3v) is 4.61. The Bertz CT molecular complexity index is 1180. The zero-order valence-corrected chi connectivity index (χ0v) is 14.9. The van der Waals surface area contributed by atoms with Crippen LogP contribution in [-0.4, -0.2) is 15.5 Å². The van der Waals surface area contributed by atoms with Crippen LogP contribution in [0.25, 0.3) is 16.5 Å². The topological polar surface area (TPSA) is 66.9 Å². The second-order valence-corrected chi connectivity index (χ2v) is 6.45. The van der Waals surface area contributed by atoms with Crippen LogP contribution >= 0.6 is 0 Å². The Morgan fingerprint density at radius 1 is 1.00 bits per heavy atom. The molecule has 0 aliphatic heterocycles. The van der Waals surface area contributed by atoms with Crippen molar-refractivity contribution in [2.45, 2.75) is 13.3 Å². The zero-order valence-electron chi connectivity index (χ0n) is 14.9. The molecule has 5 heteroatoms. The minimum Gasteiger partial charge on any atom is -0.324 e. The Balaban J connectivity index is 1.64. The van der Waals surface area contributed by atoms with Gasteiger partial charge in [0.2, 0.25) is 5.91 Å². The van der Waals surface area contributed by atoms with Crippen LogP contribution in [0.3, 0.4) is 0 Å². The second kappa shape index (κ2) is 6.96. The van der Waals surface area contributed by atoms with Crippen LogP contribution in [-0.2, 0) is 11.2 Å². The van der Waals surface area contributed by atoms with Crippen LogP contribution in [0, 0.1) is 6.92 Å². The molecule has 0 bridgehead atoms. The molecule has 0 saturated heterocycles. The zero-order chi connectivity index (χ0) is 18.8. The number of H-pyrrole nitrogens is 1. The molecular weight excluding hydrogens is 338 g/mol. The summed E-state index contributed by atoms with van der Waals surface area (Å²) in [6.07, 6.45) is 1.91. The van der Waals surface area contributed by atoms with Crippen molar-refractivity contribution in [3.8, 4) is 5.69 Å². The maximum atomic E-state index is 12.7. The number of imidazole rings is 1. The number of fused-ring (bicyclic) bond motifs is 1. The van der Waals surface area contributed by atoms with E-state index in [0.29, 0.717) is 11.4 Å². The smallest absolute Gasteiger partial charge is 0.324 e. The summed E-state index contributed by atoms with van der Waals surface area (Å²) in [5.41, 5.74) is 2.76. The molecule has 1 heterocycles. The molecule has 0 saturated carbocycles. The molecule has 134 valence electrons. The number of benzene rings is 3. The van der Waals surface area contributed by atoms with Gasteiger partial charge in [-0.25, -0.2) is 4.79 Å². The van der Waals surface area contributed by atoms with Gasteiger partial charge in [0.15, 0.2) is 0 Å². The first-order valence-corrected chi connectivity index (χ1v) is 8.76. The SMILES string of the molecule is Cc1c[nH]c(=O)n1-c1ccccc1NC(=O)Cc1cccc2ccccc12. The van der Waals surface area contributed by atoms with Gasteiger partial charge in [0.1, 0.15) is 0 Å². The highest BCUT2D eigenvalue weighted by Crippen LogP contribution is 2.22. The molecule has 0 spiro atoms. The van der Waals surface area contributed by atoms with E-state index in [0.717, 1.165) is 22.0 Å². The van der Waals surface area contributed by atoms with E-state index < -0.39 is 0 Å². The molecule has 4 rings (SSSR count). The lowest BCUT2D eigenvalue weighted by Gasteiger charge is -2.13. The molecule has 0 unspecified atom stereocenters. The van der Waals surface area contributed by atoms with Crippen LogP contribution < -0.4 is 11.0 Å². The summed E-state index contributed by atoms with van der Waals surface area (Å²) in [5.74, 6) is -0.125. The van der Waals surface area contributed by atoms with E-state index in [1.54, 1.807) is 16.8 Å². The first-order valence-electron chi connectivity index (χ1n) is 8.76. The van der Waals surface area contributed by atoms with Gasteiger partial charge in [-0.2, -0.15) is 0 Å². The first kappa shape index (κ1) is 16.8. The van der Waals surface area contributed by atoms with Crippen molar-refractivity contribution in [2.24, 2.45) is 0 Å². The fourth-order valence-electron chi connectivity index (χ4n) is 3.34. The second-order valence-electron chi connectivity index (χ2n) is 6.45. The molecule has 0 radical (unpaired) electrons. The van der Waals surface area contributed by atoms with Gasteiger partial charge in [0.25, 0.3) is 0 Å².